The van der Waals surface area contributed by atoms with E-state index in [-0.39, 0.29) is 30.5 Å². The summed E-state index contributed by atoms with van der Waals surface area (Å²) >= 11 is 0. The standard InChI is InChI=1S/C29H33FN2O3/c30-24-7-5-6-23(18-24)28(34)31-16-3-4-17-32-25(19-31)27(26(32)20-33)22-10-8-21(9-11-22)12-15-29(35)13-1-2-14-29/h5-11,18,25-27,33,35H,1-4,13-14,16-17,19-20H2/t25-,26-,27+/m0/s1. The molecule has 2 aromatic rings. The Hall–Kier alpha value is -2.72. The molecule has 5 nitrogen and oxygen atoms in total. The van der Waals surface area contributed by atoms with Crippen LogP contribution in [0, 0.1) is 17.7 Å². The van der Waals surface area contributed by atoms with Crippen molar-refractivity contribution in [3.8, 4) is 11.8 Å². The van der Waals surface area contributed by atoms with Crippen LogP contribution in [0.4, 0.5) is 4.39 Å². The lowest BCUT2D eigenvalue weighted by Gasteiger charge is -2.57. The number of aliphatic hydroxyl groups is 2. The Morgan fingerprint density at radius 2 is 1.80 bits per heavy atom. The zero-order valence-electron chi connectivity index (χ0n) is 20.0. The fourth-order valence-electron chi connectivity index (χ4n) is 5.99. The Labute approximate surface area is 206 Å². The van der Waals surface area contributed by atoms with Gasteiger partial charge in [0.05, 0.1) is 6.61 Å². The van der Waals surface area contributed by atoms with Gasteiger partial charge >= 0.3 is 0 Å². The van der Waals surface area contributed by atoms with Gasteiger partial charge < -0.3 is 15.1 Å². The molecular formula is C29H33FN2O3. The van der Waals surface area contributed by atoms with Gasteiger partial charge in [-0.05, 0) is 81.0 Å². The van der Waals surface area contributed by atoms with E-state index in [0.29, 0.717) is 18.7 Å². The third kappa shape index (κ3) is 4.99. The van der Waals surface area contributed by atoms with Gasteiger partial charge in [0.2, 0.25) is 0 Å². The number of halogens is 1. The van der Waals surface area contributed by atoms with E-state index in [1.807, 2.05) is 17.0 Å². The maximum Gasteiger partial charge on any atom is 0.254 e. The topological polar surface area (TPSA) is 64.0 Å². The quantitative estimate of drug-likeness (QED) is 0.666. The van der Waals surface area contributed by atoms with Gasteiger partial charge in [-0.2, -0.15) is 0 Å². The normalized spacial score (nSPS) is 26.0. The van der Waals surface area contributed by atoms with E-state index in [2.05, 4.69) is 28.9 Å². The van der Waals surface area contributed by atoms with Crippen molar-refractivity contribution in [2.75, 3.05) is 26.2 Å². The molecule has 2 heterocycles. The number of carbonyl (C=O) groups is 1. The van der Waals surface area contributed by atoms with E-state index < -0.39 is 11.4 Å². The van der Waals surface area contributed by atoms with Crippen LogP contribution in [0.3, 0.4) is 0 Å². The molecule has 5 rings (SSSR count). The van der Waals surface area contributed by atoms with Crippen molar-refractivity contribution >= 4 is 5.91 Å². The molecule has 1 amide bonds. The van der Waals surface area contributed by atoms with Crippen molar-refractivity contribution in [1.82, 2.24) is 9.80 Å². The fourth-order valence-corrected chi connectivity index (χ4v) is 5.99. The average molecular weight is 477 g/mol. The summed E-state index contributed by atoms with van der Waals surface area (Å²) in [6.45, 7) is 2.16. The first-order valence-corrected chi connectivity index (χ1v) is 12.7. The smallest absolute Gasteiger partial charge is 0.254 e. The summed E-state index contributed by atoms with van der Waals surface area (Å²) in [7, 11) is 0. The molecule has 35 heavy (non-hydrogen) atoms. The second-order valence-electron chi connectivity index (χ2n) is 10.2. The van der Waals surface area contributed by atoms with E-state index in [4.69, 9.17) is 0 Å². The molecular weight excluding hydrogens is 443 g/mol. The molecule has 2 aliphatic heterocycles. The van der Waals surface area contributed by atoms with Crippen molar-refractivity contribution in [2.45, 2.75) is 62.1 Å². The molecule has 2 N–H and O–H groups in total. The van der Waals surface area contributed by atoms with Crippen LogP contribution < -0.4 is 0 Å². The van der Waals surface area contributed by atoms with Crippen molar-refractivity contribution in [3.63, 3.8) is 0 Å². The highest BCUT2D eigenvalue weighted by Gasteiger charge is 2.49. The summed E-state index contributed by atoms with van der Waals surface area (Å²) in [6, 6.07) is 14.1. The molecule has 0 unspecified atom stereocenters. The van der Waals surface area contributed by atoms with Crippen molar-refractivity contribution in [3.05, 3.63) is 71.0 Å². The van der Waals surface area contributed by atoms with Gasteiger partial charge in [0.15, 0.2) is 0 Å². The van der Waals surface area contributed by atoms with E-state index in [9.17, 15) is 19.4 Å². The predicted octanol–water partition coefficient (Wildman–Crippen LogP) is 3.55. The zero-order chi connectivity index (χ0) is 24.4. The van der Waals surface area contributed by atoms with Crippen LogP contribution in [0.1, 0.15) is 65.9 Å². The van der Waals surface area contributed by atoms with Gasteiger partial charge in [0, 0.05) is 42.2 Å². The monoisotopic (exact) mass is 476 g/mol. The summed E-state index contributed by atoms with van der Waals surface area (Å²) in [5.41, 5.74) is 1.50. The lowest BCUT2D eigenvalue weighted by atomic mass is 9.74. The number of amides is 1. The molecule has 3 aliphatic rings. The van der Waals surface area contributed by atoms with Crippen LogP contribution in [0.25, 0.3) is 0 Å². The Balaban J connectivity index is 1.35. The maximum absolute atomic E-state index is 13.7. The molecule has 1 aliphatic carbocycles. The molecule has 0 radical (unpaired) electrons. The minimum Gasteiger partial charge on any atom is -0.395 e. The van der Waals surface area contributed by atoms with Crippen molar-refractivity contribution < 1.29 is 19.4 Å². The largest absolute Gasteiger partial charge is 0.395 e. The van der Waals surface area contributed by atoms with Crippen molar-refractivity contribution in [2.24, 2.45) is 0 Å². The number of hydrogen-bond acceptors (Lipinski definition) is 4. The molecule has 3 atom stereocenters. The molecule has 0 bridgehead atoms. The average Bonchev–Trinajstić information content (AvgIpc) is 3.29. The van der Waals surface area contributed by atoms with E-state index in [0.717, 1.165) is 56.2 Å². The number of aliphatic hydroxyl groups excluding tert-OH is 1. The van der Waals surface area contributed by atoms with Gasteiger partial charge in [-0.1, -0.05) is 30.0 Å². The molecule has 6 heteroatoms. The third-order valence-electron chi connectivity index (χ3n) is 7.89. The lowest BCUT2D eigenvalue weighted by Crippen LogP contribution is -2.67. The Bertz CT molecular complexity index is 1120. The highest BCUT2D eigenvalue weighted by atomic mass is 19.1. The van der Waals surface area contributed by atoms with Crippen LogP contribution >= 0.6 is 0 Å². The predicted molar refractivity (Wildman–Crippen MR) is 132 cm³/mol. The molecule has 184 valence electrons. The molecule has 2 saturated heterocycles. The van der Waals surface area contributed by atoms with E-state index in [1.54, 1.807) is 12.1 Å². The Kier molecular flexibility index (Phi) is 6.93. The first-order chi connectivity index (χ1) is 17.0. The van der Waals surface area contributed by atoms with Gasteiger partial charge in [0.1, 0.15) is 11.4 Å². The number of nitrogens with zero attached hydrogens (tertiary/aromatic N) is 2. The highest BCUT2D eigenvalue weighted by molar-refractivity contribution is 5.94. The number of benzene rings is 2. The molecule has 2 aromatic carbocycles. The highest BCUT2D eigenvalue weighted by Crippen LogP contribution is 2.42. The molecule has 3 fully saturated rings. The minimum atomic E-state index is -0.856. The van der Waals surface area contributed by atoms with Crippen LogP contribution in [0.15, 0.2) is 48.5 Å². The number of hydrogen-bond donors (Lipinski definition) is 2. The first kappa shape index (κ1) is 24.0. The zero-order valence-corrected chi connectivity index (χ0v) is 20.0. The summed E-state index contributed by atoms with van der Waals surface area (Å²) < 4.78 is 13.7. The van der Waals surface area contributed by atoms with Crippen molar-refractivity contribution in [1.29, 1.82) is 0 Å². The number of fused-ring (bicyclic) bond motifs is 1. The van der Waals surface area contributed by atoms with Gasteiger partial charge in [-0.3, -0.25) is 9.69 Å². The number of rotatable bonds is 3. The first-order valence-electron chi connectivity index (χ1n) is 12.7. The molecule has 0 aromatic heterocycles. The van der Waals surface area contributed by atoms with Gasteiger partial charge in [-0.25, -0.2) is 4.39 Å². The van der Waals surface area contributed by atoms with Crippen LogP contribution in [-0.2, 0) is 0 Å². The Morgan fingerprint density at radius 1 is 1.06 bits per heavy atom. The third-order valence-corrected chi connectivity index (χ3v) is 7.89. The van der Waals surface area contributed by atoms with E-state index in [1.165, 1.54) is 12.1 Å². The van der Waals surface area contributed by atoms with Gasteiger partial charge in [-0.15, -0.1) is 0 Å². The summed E-state index contributed by atoms with van der Waals surface area (Å²) in [6.07, 6.45) is 5.34. The summed E-state index contributed by atoms with van der Waals surface area (Å²) in [4.78, 5) is 17.4. The fraction of sp³-hybridized carbons (Fsp3) is 0.483. The second-order valence-corrected chi connectivity index (χ2v) is 10.2. The molecule has 0 spiro atoms. The second kappa shape index (κ2) is 10.1. The Morgan fingerprint density at radius 3 is 2.51 bits per heavy atom. The summed E-state index contributed by atoms with van der Waals surface area (Å²) in [5.74, 6) is 5.73. The maximum atomic E-state index is 13.7. The van der Waals surface area contributed by atoms with Crippen LogP contribution in [-0.4, -0.2) is 69.8 Å². The van der Waals surface area contributed by atoms with Crippen LogP contribution in [0.5, 0.6) is 0 Å². The summed E-state index contributed by atoms with van der Waals surface area (Å²) in [5, 5.41) is 20.7. The minimum absolute atomic E-state index is 0.0142. The lowest BCUT2D eigenvalue weighted by molar-refractivity contribution is -0.0606. The van der Waals surface area contributed by atoms with E-state index >= 15 is 0 Å². The number of carbonyl (C=O) groups excluding carboxylic acids is 1. The molecule has 1 saturated carbocycles. The SMILES string of the molecule is O=C(c1cccc(F)c1)N1CCCCN2[C@@H](CO)[C@H](c3ccc(C#CC4(O)CCCC4)cc3)[C@@H]2C1. The van der Waals surface area contributed by atoms with Gasteiger partial charge in [0.25, 0.3) is 5.91 Å². The van der Waals surface area contributed by atoms with Crippen LogP contribution in [0.2, 0.25) is 0 Å².